The van der Waals surface area contributed by atoms with Crippen LogP contribution in [0.5, 0.6) is 0 Å². The van der Waals surface area contributed by atoms with Gasteiger partial charge in [0, 0.05) is 4.47 Å². The van der Waals surface area contributed by atoms with Crippen LogP contribution in [0.1, 0.15) is 25.5 Å². The number of nitrogens with one attached hydrogen (secondary N) is 1. The summed E-state index contributed by atoms with van der Waals surface area (Å²) in [6, 6.07) is 4.79. The van der Waals surface area contributed by atoms with Crippen LogP contribution in [0, 0.1) is 5.82 Å². The molecule has 1 atom stereocenters. The molecule has 1 nitrogen and oxygen atoms in total. The number of halogens is 2. The third-order valence-corrected chi connectivity index (χ3v) is 2.86. The largest absolute Gasteiger partial charge is 0.307 e. The molecule has 0 saturated heterocycles. The quantitative estimate of drug-likeness (QED) is 0.822. The summed E-state index contributed by atoms with van der Waals surface area (Å²) in [4.78, 5) is 0. The van der Waals surface area contributed by atoms with Gasteiger partial charge in [0.15, 0.2) is 0 Å². The van der Waals surface area contributed by atoms with Gasteiger partial charge in [0.1, 0.15) is 5.82 Å². The van der Waals surface area contributed by atoms with E-state index in [9.17, 15) is 4.39 Å². The molecule has 0 aromatic heterocycles. The number of rotatable bonds is 4. The Labute approximate surface area is 98.5 Å². The Morgan fingerprint density at radius 1 is 1.60 bits per heavy atom. The lowest BCUT2D eigenvalue weighted by molar-refractivity contribution is 0.606. The summed E-state index contributed by atoms with van der Waals surface area (Å²) in [5.74, 6) is -0.234. The minimum atomic E-state index is -0.234. The normalized spacial score (nSPS) is 12.5. The summed E-state index contributed by atoms with van der Waals surface area (Å²) < 4.78 is 13.7. The van der Waals surface area contributed by atoms with E-state index in [1.165, 1.54) is 12.1 Å². The van der Waals surface area contributed by atoms with Gasteiger partial charge in [-0.25, -0.2) is 4.39 Å². The zero-order valence-electron chi connectivity index (χ0n) is 8.98. The fraction of sp³-hybridized carbons (Fsp3) is 0.333. The molecule has 0 amide bonds. The van der Waals surface area contributed by atoms with Crippen LogP contribution < -0.4 is 5.32 Å². The lowest BCUT2D eigenvalue weighted by Crippen LogP contribution is -2.21. The van der Waals surface area contributed by atoms with Gasteiger partial charge >= 0.3 is 0 Å². The van der Waals surface area contributed by atoms with E-state index in [1.54, 1.807) is 6.07 Å². The maximum atomic E-state index is 12.9. The van der Waals surface area contributed by atoms with Crippen molar-refractivity contribution in [2.45, 2.75) is 19.9 Å². The number of benzene rings is 1. The Kier molecular flexibility index (Phi) is 4.48. The van der Waals surface area contributed by atoms with Gasteiger partial charge < -0.3 is 5.32 Å². The fourth-order valence-electron chi connectivity index (χ4n) is 1.49. The molecular formula is C12H15BrFN. The van der Waals surface area contributed by atoms with Gasteiger partial charge in [-0.1, -0.05) is 41.1 Å². The number of hydrogen-bond donors (Lipinski definition) is 1. The van der Waals surface area contributed by atoms with Gasteiger partial charge in [-0.2, -0.15) is 0 Å². The van der Waals surface area contributed by atoms with Crippen molar-refractivity contribution >= 4 is 15.9 Å². The summed E-state index contributed by atoms with van der Waals surface area (Å²) in [5.41, 5.74) is 2.04. The predicted octanol–water partition coefficient (Wildman–Crippen LogP) is 3.81. The smallest absolute Gasteiger partial charge is 0.124 e. The molecule has 0 spiro atoms. The molecule has 0 aliphatic heterocycles. The molecule has 0 saturated carbocycles. The van der Waals surface area contributed by atoms with Crippen molar-refractivity contribution < 1.29 is 4.39 Å². The lowest BCUT2D eigenvalue weighted by Gasteiger charge is -2.19. The highest BCUT2D eigenvalue weighted by molar-refractivity contribution is 9.10. The molecule has 1 rings (SSSR count). The molecule has 1 N–H and O–H groups in total. The monoisotopic (exact) mass is 271 g/mol. The molecule has 1 aromatic carbocycles. The highest BCUT2D eigenvalue weighted by Crippen LogP contribution is 2.28. The first-order valence-electron chi connectivity index (χ1n) is 4.90. The third kappa shape index (κ3) is 3.14. The van der Waals surface area contributed by atoms with Gasteiger partial charge in [-0.15, -0.1) is 0 Å². The lowest BCUT2D eigenvalue weighted by atomic mass is 10.0. The molecule has 0 aliphatic rings. The zero-order chi connectivity index (χ0) is 11.4. The first kappa shape index (κ1) is 12.4. The van der Waals surface area contributed by atoms with Crippen LogP contribution >= 0.6 is 15.9 Å². The second kappa shape index (κ2) is 5.42. The zero-order valence-corrected chi connectivity index (χ0v) is 10.6. The van der Waals surface area contributed by atoms with E-state index in [0.29, 0.717) is 0 Å². The van der Waals surface area contributed by atoms with Crippen LogP contribution in [0.3, 0.4) is 0 Å². The van der Waals surface area contributed by atoms with Crippen LogP contribution in [0.15, 0.2) is 34.8 Å². The Hall–Kier alpha value is -0.670. The van der Waals surface area contributed by atoms with Crippen molar-refractivity contribution in [2.75, 3.05) is 6.54 Å². The Morgan fingerprint density at radius 3 is 2.73 bits per heavy atom. The minimum Gasteiger partial charge on any atom is -0.307 e. The second-order valence-electron chi connectivity index (χ2n) is 3.50. The molecule has 15 heavy (non-hydrogen) atoms. The van der Waals surface area contributed by atoms with E-state index in [2.05, 4.69) is 27.8 Å². The van der Waals surface area contributed by atoms with Crippen molar-refractivity contribution in [1.29, 1.82) is 0 Å². The van der Waals surface area contributed by atoms with Crippen LogP contribution in [0.4, 0.5) is 4.39 Å². The molecular weight excluding hydrogens is 257 g/mol. The predicted molar refractivity (Wildman–Crippen MR) is 65.3 cm³/mol. The molecule has 0 bridgehead atoms. The molecule has 1 unspecified atom stereocenters. The van der Waals surface area contributed by atoms with E-state index >= 15 is 0 Å². The first-order chi connectivity index (χ1) is 7.06. The van der Waals surface area contributed by atoms with E-state index in [1.807, 2.05) is 13.8 Å². The van der Waals surface area contributed by atoms with Crippen molar-refractivity contribution in [3.63, 3.8) is 0 Å². The number of hydrogen-bond acceptors (Lipinski definition) is 1. The fourth-order valence-corrected chi connectivity index (χ4v) is 2.07. The SMILES string of the molecule is C=C(C)C(NCC)c1ccc(F)cc1Br. The van der Waals surface area contributed by atoms with Crippen LogP contribution in [0.2, 0.25) is 0 Å². The van der Waals surface area contributed by atoms with Gasteiger partial charge in [0.25, 0.3) is 0 Å². The molecule has 0 heterocycles. The average molecular weight is 272 g/mol. The molecule has 1 aromatic rings. The second-order valence-corrected chi connectivity index (χ2v) is 4.36. The summed E-state index contributed by atoms with van der Waals surface area (Å²) in [6.07, 6.45) is 0. The topological polar surface area (TPSA) is 12.0 Å². The molecule has 0 radical (unpaired) electrons. The number of likely N-dealkylation sites (N-methyl/N-ethyl adjacent to an activating group) is 1. The summed E-state index contributed by atoms with van der Waals surface area (Å²) >= 11 is 3.36. The van der Waals surface area contributed by atoms with Crippen molar-refractivity contribution in [3.8, 4) is 0 Å². The standard InChI is InChI=1S/C12H15BrFN/c1-4-15-12(8(2)3)10-6-5-9(14)7-11(10)13/h5-7,12,15H,2,4H2,1,3H3. The van der Waals surface area contributed by atoms with Crippen molar-refractivity contribution in [2.24, 2.45) is 0 Å². The van der Waals surface area contributed by atoms with Crippen LogP contribution in [0.25, 0.3) is 0 Å². The Balaban J connectivity index is 3.05. The van der Waals surface area contributed by atoms with Crippen molar-refractivity contribution in [1.82, 2.24) is 5.32 Å². The van der Waals surface area contributed by atoms with Gasteiger partial charge in [0.2, 0.25) is 0 Å². The Bertz CT molecular complexity index is 363. The highest BCUT2D eigenvalue weighted by atomic mass is 79.9. The summed E-state index contributed by atoms with van der Waals surface area (Å²) in [5, 5.41) is 3.31. The minimum absolute atomic E-state index is 0.0741. The first-order valence-corrected chi connectivity index (χ1v) is 5.69. The van der Waals surface area contributed by atoms with Crippen LogP contribution in [-0.2, 0) is 0 Å². The van der Waals surface area contributed by atoms with E-state index in [0.717, 1.165) is 22.2 Å². The van der Waals surface area contributed by atoms with E-state index in [-0.39, 0.29) is 11.9 Å². The maximum absolute atomic E-state index is 12.9. The molecule has 0 fully saturated rings. The summed E-state index contributed by atoms with van der Waals surface area (Å²) in [6.45, 7) is 8.78. The maximum Gasteiger partial charge on any atom is 0.124 e. The summed E-state index contributed by atoms with van der Waals surface area (Å²) in [7, 11) is 0. The van der Waals surface area contributed by atoms with Gasteiger partial charge in [-0.3, -0.25) is 0 Å². The van der Waals surface area contributed by atoms with Crippen molar-refractivity contribution in [3.05, 3.63) is 46.2 Å². The van der Waals surface area contributed by atoms with Gasteiger partial charge in [-0.05, 0) is 31.2 Å². The average Bonchev–Trinajstić information content (AvgIpc) is 2.15. The molecule has 3 heteroatoms. The molecule has 0 aliphatic carbocycles. The third-order valence-electron chi connectivity index (χ3n) is 2.17. The Morgan fingerprint density at radius 2 is 2.27 bits per heavy atom. The molecule has 82 valence electrons. The van der Waals surface area contributed by atoms with Crippen LogP contribution in [-0.4, -0.2) is 6.54 Å². The van der Waals surface area contributed by atoms with E-state index < -0.39 is 0 Å². The highest BCUT2D eigenvalue weighted by Gasteiger charge is 2.14. The van der Waals surface area contributed by atoms with E-state index in [4.69, 9.17) is 0 Å². The van der Waals surface area contributed by atoms with Gasteiger partial charge in [0.05, 0.1) is 6.04 Å².